The zero-order chi connectivity index (χ0) is 21.8. The topological polar surface area (TPSA) is 92.8 Å². The maximum absolute atomic E-state index is 12.4. The number of nitrogens with one attached hydrogen (secondary N) is 1. The maximum atomic E-state index is 12.4. The number of halogens is 1. The van der Waals surface area contributed by atoms with Crippen molar-refractivity contribution in [2.75, 3.05) is 18.5 Å². The van der Waals surface area contributed by atoms with Gasteiger partial charge >= 0.3 is 5.97 Å². The molecule has 1 N–H and O–H groups in total. The van der Waals surface area contributed by atoms with Gasteiger partial charge in [0.25, 0.3) is 17.7 Å². The zero-order valence-corrected chi connectivity index (χ0v) is 17.4. The van der Waals surface area contributed by atoms with Gasteiger partial charge < -0.3 is 10.1 Å². The molecule has 7 nitrogen and oxygen atoms in total. The number of ether oxygens (including phenoxy) is 1. The number of hydrogen-bond donors (Lipinski definition) is 1. The SMILES string of the molecule is Cc1ccc2c(c1)C(=O)N(CCCC(=O)OCC(=O)Nc1ccc(C)c(Cl)c1)C2=O. The Morgan fingerprint density at radius 2 is 1.77 bits per heavy atom. The van der Waals surface area contributed by atoms with Crippen LogP contribution in [0.1, 0.15) is 44.7 Å². The first-order chi connectivity index (χ1) is 14.3. The molecule has 3 amide bonds. The lowest BCUT2D eigenvalue weighted by Crippen LogP contribution is -2.31. The number of carbonyl (C=O) groups excluding carboxylic acids is 4. The predicted octanol–water partition coefficient (Wildman–Crippen LogP) is 3.51. The normalized spacial score (nSPS) is 12.7. The van der Waals surface area contributed by atoms with Crippen molar-refractivity contribution in [2.45, 2.75) is 26.7 Å². The number of carbonyl (C=O) groups is 4. The summed E-state index contributed by atoms with van der Waals surface area (Å²) < 4.78 is 4.95. The molecule has 0 radical (unpaired) electrons. The van der Waals surface area contributed by atoms with Crippen molar-refractivity contribution in [1.29, 1.82) is 0 Å². The molecule has 0 saturated carbocycles. The fourth-order valence-electron chi connectivity index (χ4n) is 3.08. The van der Waals surface area contributed by atoms with Crippen LogP contribution in [0.5, 0.6) is 0 Å². The monoisotopic (exact) mass is 428 g/mol. The van der Waals surface area contributed by atoms with Crippen molar-refractivity contribution in [3.05, 3.63) is 63.7 Å². The van der Waals surface area contributed by atoms with Gasteiger partial charge in [-0.1, -0.05) is 29.3 Å². The van der Waals surface area contributed by atoms with Gasteiger partial charge in [-0.3, -0.25) is 24.1 Å². The molecule has 0 fully saturated rings. The Morgan fingerprint density at radius 3 is 2.50 bits per heavy atom. The molecular formula is C22H21ClN2O5. The minimum Gasteiger partial charge on any atom is -0.456 e. The maximum Gasteiger partial charge on any atom is 0.306 e. The third-order valence-electron chi connectivity index (χ3n) is 4.71. The number of nitrogens with zero attached hydrogens (tertiary/aromatic N) is 1. The molecule has 1 aliphatic heterocycles. The summed E-state index contributed by atoms with van der Waals surface area (Å²) in [5.74, 6) is -1.79. The van der Waals surface area contributed by atoms with Crippen LogP contribution in [-0.4, -0.2) is 41.7 Å². The molecule has 156 valence electrons. The van der Waals surface area contributed by atoms with E-state index < -0.39 is 18.5 Å². The molecule has 0 bridgehead atoms. The van der Waals surface area contributed by atoms with Crippen LogP contribution in [0.3, 0.4) is 0 Å². The summed E-state index contributed by atoms with van der Waals surface area (Å²) in [5.41, 5.74) is 3.05. The van der Waals surface area contributed by atoms with Crippen LogP contribution in [0, 0.1) is 13.8 Å². The predicted molar refractivity (Wildman–Crippen MR) is 112 cm³/mol. The lowest BCUT2D eigenvalue weighted by atomic mass is 10.1. The molecule has 0 aromatic heterocycles. The summed E-state index contributed by atoms with van der Waals surface area (Å²) in [6.07, 6.45) is 0.231. The van der Waals surface area contributed by atoms with Crippen molar-refractivity contribution >= 4 is 41.0 Å². The van der Waals surface area contributed by atoms with Gasteiger partial charge in [0.15, 0.2) is 6.61 Å². The second-order valence-corrected chi connectivity index (χ2v) is 7.49. The smallest absolute Gasteiger partial charge is 0.306 e. The summed E-state index contributed by atoms with van der Waals surface area (Å²) in [7, 11) is 0. The Labute approximate surface area is 179 Å². The first-order valence-electron chi connectivity index (χ1n) is 9.44. The average Bonchev–Trinajstić information content (AvgIpc) is 2.93. The Hall–Kier alpha value is -3.19. The second kappa shape index (κ2) is 9.09. The number of rotatable bonds is 7. The van der Waals surface area contributed by atoms with Crippen LogP contribution in [0.2, 0.25) is 5.02 Å². The summed E-state index contributed by atoms with van der Waals surface area (Å²) in [4.78, 5) is 49.7. The minimum absolute atomic E-state index is 0.0178. The molecule has 3 rings (SSSR count). The number of esters is 1. The van der Waals surface area contributed by atoms with Crippen molar-refractivity contribution in [2.24, 2.45) is 0 Å². The molecule has 0 unspecified atom stereocenters. The Morgan fingerprint density at radius 1 is 1.03 bits per heavy atom. The number of fused-ring (bicyclic) bond motifs is 1. The molecule has 0 spiro atoms. The number of aryl methyl sites for hydroxylation is 2. The molecule has 2 aromatic carbocycles. The minimum atomic E-state index is -0.584. The van der Waals surface area contributed by atoms with E-state index in [0.29, 0.717) is 21.8 Å². The van der Waals surface area contributed by atoms with Crippen LogP contribution in [-0.2, 0) is 14.3 Å². The van der Waals surface area contributed by atoms with E-state index in [2.05, 4.69) is 5.32 Å². The number of amides is 3. The molecule has 30 heavy (non-hydrogen) atoms. The lowest BCUT2D eigenvalue weighted by Gasteiger charge is -2.13. The molecule has 1 heterocycles. The summed E-state index contributed by atoms with van der Waals surface area (Å²) in [5, 5.41) is 3.12. The fraction of sp³-hybridized carbons (Fsp3) is 0.273. The summed E-state index contributed by atoms with van der Waals surface area (Å²) in [6.45, 7) is 3.37. The first-order valence-corrected chi connectivity index (χ1v) is 9.82. The summed E-state index contributed by atoms with van der Waals surface area (Å²) in [6, 6.07) is 10.2. The van der Waals surface area contributed by atoms with E-state index in [1.807, 2.05) is 13.8 Å². The molecular weight excluding hydrogens is 408 g/mol. The van der Waals surface area contributed by atoms with E-state index in [1.165, 1.54) is 0 Å². The van der Waals surface area contributed by atoms with Crippen LogP contribution in [0.15, 0.2) is 36.4 Å². The van der Waals surface area contributed by atoms with Gasteiger partial charge in [0, 0.05) is 23.7 Å². The quantitative estimate of drug-likeness (QED) is 0.538. The zero-order valence-electron chi connectivity index (χ0n) is 16.7. The molecule has 0 atom stereocenters. The molecule has 0 saturated heterocycles. The van der Waals surface area contributed by atoms with E-state index in [9.17, 15) is 19.2 Å². The molecule has 8 heteroatoms. The highest BCUT2D eigenvalue weighted by molar-refractivity contribution is 6.31. The van der Waals surface area contributed by atoms with Crippen LogP contribution in [0.25, 0.3) is 0 Å². The highest BCUT2D eigenvalue weighted by Crippen LogP contribution is 2.24. The molecule has 1 aliphatic rings. The number of benzene rings is 2. The lowest BCUT2D eigenvalue weighted by molar-refractivity contribution is -0.147. The number of hydrogen-bond acceptors (Lipinski definition) is 5. The van der Waals surface area contributed by atoms with Gasteiger partial charge in [0.05, 0.1) is 11.1 Å². The third kappa shape index (κ3) is 4.86. The highest BCUT2D eigenvalue weighted by Gasteiger charge is 2.35. The second-order valence-electron chi connectivity index (χ2n) is 7.09. The van der Waals surface area contributed by atoms with Gasteiger partial charge in [-0.25, -0.2) is 0 Å². The standard InChI is InChI=1S/C22H21ClN2O5/c1-13-5-8-16-17(10-13)22(29)25(21(16)28)9-3-4-20(27)30-12-19(26)24-15-7-6-14(2)18(23)11-15/h5-8,10-11H,3-4,9,12H2,1-2H3,(H,24,26). The molecule has 0 aliphatic carbocycles. The van der Waals surface area contributed by atoms with Crippen LogP contribution >= 0.6 is 11.6 Å². The van der Waals surface area contributed by atoms with Gasteiger partial charge in [-0.2, -0.15) is 0 Å². The number of imide groups is 1. The fourth-order valence-corrected chi connectivity index (χ4v) is 3.26. The van der Waals surface area contributed by atoms with Crippen LogP contribution in [0.4, 0.5) is 5.69 Å². The van der Waals surface area contributed by atoms with Crippen LogP contribution < -0.4 is 5.32 Å². The van der Waals surface area contributed by atoms with Crippen molar-refractivity contribution in [3.63, 3.8) is 0 Å². The van der Waals surface area contributed by atoms with E-state index >= 15 is 0 Å². The Bertz CT molecular complexity index is 1030. The van der Waals surface area contributed by atoms with Crippen molar-refractivity contribution in [3.8, 4) is 0 Å². The Balaban J connectivity index is 1.42. The average molecular weight is 429 g/mol. The van der Waals surface area contributed by atoms with Crippen molar-refractivity contribution < 1.29 is 23.9 Å². The van der Waals surface area contributed by atoms with E-state index in [1.54, 1.807) is 36.4 Å². The highest BCUT2D eigenvalue weighted by atomic mass is 35.5. The molecule has 2 aromatic rings. The van der Waals surface area contributed by atoms with Gasteiger partial charge in [-0.05, 0) is 50.1 Å². The largest absolute Gasteiger partial charge is 0.456 e. The first kappa shape index (κ1) is 21.5. The van der Waals surface area contributed by atoms with Crippen molar-refractivity contribution in [1.82, 2.24) is 4.90 Å². The van der Waals surface area contributed by atoms with Gasteiger partial charge in [-0.15, -0.1) is 0 Å². The van der Waals surface area contributed by atoms with Gasteiger partial charge in [0.1, 0.15) is 0 Å². The van der Waals surface area contributed by atoms with Gasteiger partial charge in [0.2, 0.25) is 0 Å². The van der Waals surface area contributed by atoms with E-state index in [0.717, 1.165) is 16.0 Å². The Kier molecular flexibility index (Phi) is 6.52. The number of anilines is 1. The summed E-state index contributed by atoms with van der Waals surface area (Å²) >= 11 is 6.01. The van der Waals surface area contributed by atoms with E-state index in [-0.39, 0.29) is 31.2 Å². The third-order valence-corrected chi connectivity index (χ3v) is 5.12. The van der Waals surface area contributed by atoms with E-state index in [4.69, 9.17) is 16.3 Å².